The number of thiol groups is 1. The van der Waals surface area contributed by atoms with Crippen molar-refractivity contribution in [2.24, 2.45) is 57.3 Å². The van der Waals surface area contributed by atoms with Crippen LogP contribution in [0.3, 0.4) is 0 Å². The maximum Gasteiger partial charge on any atom is 0.326 e. The van der Waals surface area contributed by atoms with Gasteiger partial charge < -0.3 is 117 Å². The van der Waals surface area contributed by atoms with Gasteiger partial charge in [-0.3, -0.25) is 81.7 Å². The molecule has 40 nitrogen and oxygen atoms in total. The average molecular weight is 1700 g/mol. The van der Waals surface area contributed by atoms with E-state index in [1.54, 1.807) is 71.9 Å². The van der Waals surface area contributed by atoms with Crippen molar-refractivity contribution in [3.8, 4) is 0 Å². The number of aliphatic imine (C=N–C) groups is 1. The number of carbonyl (C=O) groups excluding carboxylic acids is 15. The highest BCUT2D eigenvalue weighted by molar-refractivity contribution is 7.80. The lowest BCUT2D eigenvalue weighted by Gasteiger charge is -2.33. The number of aliphatic carboxylic acids is 2. The molecule has 0 radical (unpaired) electrons. The number of rotatable bonds is 47. The van der Waals surface area contributed by atoms with Crippen LogP contribution in [0.15, 0.2) is 35.3 Å². The van der Waals surface area contributed by atoms with Gasteiger partial charge in [0.2, 0.25) is 88.6 Å². The number of unbranched alkanes of at least 4 members (excludes halogenated alkanes) is 1. The number of carbonyl (C=O) groups is 17. The Hall–Kier alpha value is -10.3. The third kappa shape index (κ3) is 29.6. The van der Waals surface area contributed by atoms with Crippen LogP contribution in [0.2, 0.25) is 0 Å². The zero-order valence-electron chi connectivity index (χ0n) is 69.5. The molecule has 4 saturated heterocycles. The Morgan fingerprint density at radius 1 is 0.479 bits per heavy atom. The summed E-state index contributed by atoms with van der Waals surface area (Å²) < 4.78 is 0. The minimum absolute atomic E-state index is 0.00233. The van der Waals surface area contributed by atoms with Gasteiger partial charge in [-0.1, -0.05) is 92.1 Å². The number of hydrogen-bond donors (Lipinski definition) is 19. The first-order valence-electron chi connectivity index (χ1n) is 41.0. The zero-order chi connectivity index (χ0) is 88.8. The van der Waals surface area contributed by atoms with Crippen molar-refractivity contribution in [1.29, 1.82) is 0 Å². The van der Waals surface area contributed by atoms with Crippen molar-refractivity contribution in [3.05, 3.63) is 35.9 Å². The lowest BCUT2D eigenvalue weighted by molar-refractivity contribution is -0.149. The molecule has 1 aromatic carbocycles. The lowest BCUT2D eigenvalue weighted by atomic mass is 9.96. The molecule has 4 heterocycles. The van der Waals surface area contributed by atoms with Crippen LogP contribution in [0.25, 0.3) is 0 Å². The minimum Gasteiger partial charge on any atom is -0.481 e. The quantitative estimate of drug-likeness (QED) is 0.0127. The lowest BCUT2D eigenvalue weighted by Crippen LogP contribution is -2.62. The summed E-state index contributed by atoms with van der Waals surface area (Å²) in [7, 11) is 0. The standard InChI is InChI=1S/C78H126N20O20S/c1-10-43(8)62(72(112)86-47(24-16-30-84-78(82)83)73(113)95-31-17-26-54(95)69(109)92-60(41(4)5)71(111)91-52(39-119)67(107)90-51(35-40(2)3)74(114)98-34-20-28-56(98)77(117)118)94-63(103)46(23-14-15-29-79)85-66(106)50(38-58(101)102)88-65(105)49(37-57(80)100)87-64(104)48(36-45-21-12-11-13-22-45)89-68(108)53-25-19-33-97(53)76(116)61(42(6)7)93-70(110)55-27-18-32-96(55)75(115)59(81)44(9)99/h11-13,21-22,40-44,46-56,59-62,99,119H,10,14-20,23-39,79,81H2,1-9H3,(H2,80,100)(H,85,106)(H,86,112)(H,87,104)(H,88,105)(H,89,108)(H,90,107)(H,91,111)(H,92,109)(H,93,110)(H,94,103)(H,101,102)(H,117,118)(H4,82,83,84)/t43-,44+,46-,47-,48-,49-,50-,51-,52-,53-,54-,55-,56-,59-,60-,61-,62-/m0/s1. The average Bonchev–Trinajstić information content (AvgIpc) is 1.72. The minimum atomic E-state index is -2.06. The number of carboxylic acid groups (broad SMARTS) is 2. The van der Waals surface area contributed by atoms with E-state index >= 15 is 0 Å². The molecule has 4 fully saturated rings. The summed E-state index contributed by atoms with van der Waals surface area (Å²) in [6.45, 7) is 15.4. The third-order valence-electron chi connectivity index (χ3n) is 21.7. The fraction of sp³-hybridized carbons (Fsp3) is 0.692. The van der Waals surface area contributed by atoms with Crippen LogP contribution in [0.5, 0.6) is 0 Å². The van der Waals surface area contributed by atoms with Gasteiger partial charge in [0, 0.05) is 44.9 Å². The molecular weight excluding hydrogens is 1570 g/mol. The van der Waals surface area contributed by atoms with Gasteiger partial charge in [-0.25, -0.2) is 4.79 Å². The molecule has 664 valence electrons. The van der Waals surface area contributed by atoms with E-state index in [0.717, 1.165) is 0 Å². The molecule has 4 aliphatic rings. The Labute approximate surface area is 698 Å². The Balaban J connectivity index is 1.34. The number of aliphatic hydroxyl groups excluding tert-OH is 1. The summed E-state index contributed by atoms with van der Waals surface area (Å²) in [4.78, 5) is 247. The summed E-state index contributed by atoms with van der Waals surface area (Å²) in [5.41, 5.74) is 29.2. The van der Waals surface area contributed by atoms with Crippen molar-refractivity contribution < 1.29 is 96.8 Å². The van der Waals surface area contributed by atoms with E-state index in [4.69, 9.17) is 28.7 Å². The second kappa shape index (κ2) is 48.1. The van der Waals surface area contributed by atoms with Crippen molar-refractivity contribution in [3.63, 3.8) is 0 Å². The van der Waals surface area contributed by atoms with Gasteiger partial charge in [-0.05, 0) is 133 Å². The highest BCUT2D eigenvalue weighted by Crippen LogP contribution is 2.27. The van der Waals surface area contributed by atoms with Gasteiger partial charge in [0.25, 0.3) is 0 Å². The van der Waals surface area contributed by atoms with Crippen LogP contribution >= 0.6 is 12.6 Å². The van der Waals surface area contributed by atoms with Gasteiger partial charge in [0.1, 0.15) is 90.6 Å². The van der Waals surface area contributed by atoms with Crippen LogP contribution in [-0.4, -0.2) is 283 Å². The number of benzene rings is 1. The summed E-state index contributed by atoms with van der Waals surface area (Å²) in [6.07, 6.45) is -0.781. The highest BCUT2D eigenvalue weighted by atomic mass is 32.1. The van der Waals surface area contributed by atoms with Gasteiger partial charge in [-0.15, -0.1) is 0 Å². The number of nitrogens with zero attached hydrogens (tertiary/aromatic N) is 5. The van der Waals surface area contributed by atoms with Gasteiger partial charge >= 0.3 is 11.9 Å². The predicted octanol–water partition coefficient (Wildman–Crippen LogP) is -4.30. The normalized spacial score (nSPS) is 19.8. The molecule has 0 saturated carbocycles. The molecule has 15 amide bonds. The van der Waals surface area contributed by atoms with Crippen LogP contribution in [0, 0.1) is 23.7 Å². The molecule has 0 bridgehead atoms. The summed E-state index contributed by atoms with van der Waals surface area (Å²) in [5.74, 6) is -18.5. The SMILES string of the molecule is CC[C@H](C)[C@H](NC(=O)[C@H](CCCCN)NC(=O)[C@H](CC(=O)O)NC(=O)[C@H](CC(N)=O)NC(=O)[C@H](Cc1ccccc1)NC(=O)[C@@H]1CCCN1C(=O)[C@@H](NC(=O)[C@@H]1CCCN1C(=O)[C@@H](N)[C@@H](C)O)C(C)C)C(=O)N[C@@H](CCCN=C(N)N)C(=O)N1CCC[C@H]1C(=O)N[C@H](C(=O)N[C@@H](CS)C(=O)N[C@@H](CC(C)C)C(=O)N1CCC[C@H]1C(=O)O)C(C)C. The Bertz CT molecular complexity index is 3760. The van der Waals surface area contributed by atoms with E-state index in [0.29, 0.717) is 31.2 Å². The first-order valence-corrected chi connectivity index (χ1v) is 41.6. The molecule has 41 heteroatoms. The number of likely N-dealkylation sites (tertiary alicyclic amines) is 4. The number of nitrogens with one attached hydrogen (secondary N) is 10. The van der Waals surface area contributed by atoms with Gasteiger partial charge in [-0.2, -0.15) is 12.6 Å². The molecule has 5 rings (SSSR count). The molecule has 119 heavy (non-hydrogen) atoms. The van der Waals surface area contributed by atoms with Crippen LogP contribution in [0.1, 0.15) is 177 Å². The number of carboxylic acids is 2. The van der Waals surface area contributed by atoms with Crippen molar-refractivity contribution in [1.82, 2.24) is 72.8 Å². The van der Waals surface area contributed by atoms with E-state index in [1.807, 2.05) is 13.8 Å². The number of nitrogens with two attached hydrogens (primary N) is 5. The van der Waals surface area contributed by atoms with Crippen molar-refractivity contribution >= 4 is 119 Å². The zero-order valence-corrected chi connectivity index (χ0v) is 70.4. The summed E-state index contributed by atoms with van der Waals surface area (Å²) >= 11 is 4.32. The first-order chi connectivity index (χ1) is 56.2. The number of amides is 15. The molecule has 0 aromatic heterocycles. The van der Waals surface area contributed by atoms with E-state index in [1.165, 1.54) is 26.5 Å². The monoisotopic (exact) mass is 1690 g/mol. The Morgan fingerprint density at radius 3 is 1.39 bits per heavy atom. The van der Waals surface area contributed by atoms with Crippen LogP contribution in [0.4, 0.5) is 0 Å². The Morgan fingerprint density at radius 2 is 0.908 bits per heavy atom. The van der Waals surface area contributed by atoms with Crippen molar-refractivity contribution in [2.45, 2.75) is 275 Å². The third-order valence-corrected chi connectivity index (χ3v) is 22.0. The van der Waals surface area contributed by atoms with E-state index in [-0.39, 0.29) is 134 Å². The smallest absolute Gasteiger partial charge is 0.326 e. The molecular formula is C78H126N20O20S. The maximum absolute atomic E-state index is 15.0. The van der Waals surface area contributed by atoms with Crippen LogP contribution in [-0.2, 0) is 87.9 Å². The number of guanidine groups is 1. The Kier molecular flexibility index (Phi) is 40.1. The highest BCUT2D eigenvalue weighted by Gasteiger charge is 2.47. The molecule has 1 aromatic rings. The predicted molar refractivity (Wildman–Crippen MR) is 437 cm³/mol. The van der Waals surface area contributed by atoms with E-state index in [9.17, 15) is 96.8 Å². The first kappa shape index (κ1) is 99.3. The molecule has 0 unspecified atom stereocenters. The van der Waals surface area contributed by atoms with Crippen LogP contribution < -0.4 is 81.8 Å². The number of aliphatic hydroxyl groups is 1. The van der Waals surface area contributed by atoms with E-state index < -0.39 is 228 Å². The fourth-order valence-corrected chi connectivity index (χ4v) is 15.1. The van der Waals surface area contributed by atoms with Crippen molar-refractivity contribution in [2.75, 3.05) is 45.0 Å². The second-order valence-electron chi connectivity index (χ2n) is 32.1. The topological polar surface area (TPSA) is 627 Å². The molecule has 17 atom stereocenters. The van der Waals surface area contributed by atoms with Gasteiger partial charge in [0.15, 0.2) is 5.96 Å². The van der Waals surface area contributed by atoms with Gasteiger partial charge in [0.05, 0.1) is 18.9 Å². The molecule has 4 aliphatic heterocycles. The second-order valence-corrected chi connectivity index (χ2v) is 32.5. The maximum atomic E-state index is 15.0. The molecule has 0 spiro atoms. The molecule has 0 aliphatic carbocycles. The summed E-state index contributed by atoms with van der Waals surface area (Å²) in [6, 6.07) is -12.7. The fourth-order valence-electron chi connectivity index (χ4n) is 14.8. The largest absolute Gasteiger partial charge is 0.481 e. The number of hydrogen-bond acceptors (Lipinski definition) is 22. The number of primary amides is 1. The molecule has 23 N–H and O–H groups in total. The van der Waals surface area contributed by atoms with E-state index in [2.05, 4.69) is 70.8 Å². The summed E-state index contributed by atoms with van der Waals surface area (Å²) in [5, 5.41) is 56.1.